The average Bonchev–Trinajstić information content (AvgIpc) is 3.28. The number of rotatable bonds is 1. The van der Waals surface area contributed by atoms with Gasteiger partial charge in [0.05, 0.1) is 5.69 Å². The number of fused-ring (bicyclic) bond motifs is 6. The van der Waals surface area contributed by atoms with Gasteiger partial charge < -0.3 is 10.2 Å². The van der Waals surface area contributed by atoms with Gasteiger partial charge in [0.2, 0.25) is 0 Å². The monoisotopic (exact) mass is 365 g/mol. The first-order valence-electron chi connectivity index (χ1n) is 8.91. The van der Waals surface area contributed by atoms with Gasteiger partial charge in [-0.05, 0) is 35.4 Å². The molecule has 27 heavy (non-hydrogen) atoms. The number of benzene rings is 4. The van der Waals surface area contributed by atoms with E-state index in [4.69, 9.17) is 10.2 Å². The molecule has 0 fully saturated rings. The van der Waals surface area contributed by atoms with Crippen molar-refractivity contribution in [2.24, 2.45) is 0 Å². The number of furan rings is 1. The molecular weight excluding hydrogens is 350 g/mol. The Bertz CT molecular complexity index is 1490. The van der Waals surface area contributed by atoms with Gasteiger partial charge in [0.1, 0.15) is 5.58 Å². The van der Waals surface area contributed by atoms with Crippen molar-refractivity contribution in [2.75, 3.05) is 5.73 Å². The Morgan fingerprint density at radius 1 is 0.630 bits per heavy atom. The summed E-state index contributed by atoms with van der Waals surface area (Å²) in [7, 11) is 0. The summed E-state index contributed by atoms with van der Waals surface area (Å²) in [4.78, 5) is 0. The van der Waals surface area contributed by atoms with E-state index in [1.165, 1.54) is 31.3 Å². The first-order valence-corrected chi connectivity index (χ1v) is 9.73. The lowest BCUT2D eigenvalue weighted by Crippen LogP contribution is -1.87. The van der Waals surface area contributed by atoms with E-state index in [0.29, 0.717) is 5.69 Å². The van der Waals surface area contributed by atoms with Crippen LogP contribution in [0.4, 0.5) is 5.69 Å². The molecular formula is C24H15NOS. The van der Waals surface area contributed by atoms with Crippen molar-refractivity contribution in [1.29, 1.82) is 0 Å². The quantitative estimate of drug-likeness (QED) is 0.313. The Morgan fingerprint density at radius 3 is 2.30 bits per heavy atom. The standard InChI is InChI=1S/C24H15NOS/c25-18-13-12-15(23-16-6-1-3-9-19(16)26-24(18)23)14-8-5-11-21-22(14)17-7-2-4-10-20(17)27-21/h1-13H,25H2. The molecule has 0 unspecified atom stereocenters. The second kappa shape index (κ2) is 5.35. The van der Waals surface area contributed by atoms with E-state index in [2.05, 4.69) is 54.6 Å². The molecule has 0 aliphatic heterocycles. The summed E-state index contributed by atoms with van der Waals surface area (Å²) in [6, 6.07) is 27.4. The van der Waals surface area contributed by atoms with Gasteiger partial charge in [-0.25, -0.2) is 0 Å². The SMILES string of the molecule is Nc1ccc(-c2cccc3sc4ccccc4c23)c2c1oc1ccccc12. The fourth-order valence-corrected chi connectivity index (χ4v) is 5.20. The van der Waals surface area contributed by atoms with Crippen molar-refractivity contribution in [2.45, 2.75) is 0 Å². The fraction of sp³-hybridized carbons (Fsp3) is 0. The highest BCUT2D eigenvalue weighted by molar-refractivity contribution is 7.25. The largest absolute Gasteiger partial charge is 0.454 e. The van der Waals surface area contributed by atoms with Gasteiger partial charge in [0, 0.05) is 30.9 Å². The van der Waals surface area contributed by atoms with E-state index in [9.17, 15) is 0 Å². The molecule has 0 radical (unpaired) electrons. The maximum absolute atomic E-state index is 6.26. The second-order valence-electron chi connectivity index (χ2n) is 6.78. The Morgan fingerprint density at radius 2 is 1.37 bits per heavy atom. The molecule has 2 aromatic heterocycles. The number of thiophene rings is 1. The van der Waals surface area contributed by atoms with Crippen LogP contribution in [0.2, 0.25) is 0 Å². The predicted molar refractivity (Wildman–Crippen MR) is 116 cm³/mol. The normalized spacial score (nSPS) is 11.9. The van der Waals surface area contributed by atoms with Crippen LogP contribution in [-0.2, 0) is 0 Å². The molecule has 0 saturated carbocycles. The molecule has 3 heteroatoms. The first kappa shape index (κ1) is 14.8. The number of nitrogens with two attached hydrogens (primary N) is 1. The fourth-order valence-electron chi connectivity index (χ4n) is 4.07. The topological polar surface area (TPSA) is 39.2 Å². The minimum absolute atomic E-state index is 0.673. The highest BCUT2D eigenvalue weighted by Gasteiger charge is 2.17. The molecule has 0 saturated heterocycles. The summed E-state index contributed by atoms with van der Waals surface area (Å²) < 4.78 is 8.71. The molecule has 4 aromatic carbocycles. The minimum atomic E-state index is 0.673. The summed E-state index contributed by atoms with van der Waals surface area (Å²) >= 11 is 1.84. The molecule has 2 heterocycles. The van der Waals surface area contributed by atoms with Gasteiger partial charge in [-0.3, -0.25) is 0 Å². The van der Waals surface area contributed by atoms with E-state index in [-0.39, 0.29) is 0 Å². The third kappa shape index (κ3) is 2.00. The van der Waals surface area contributed by atoms with Gasteiger partial charge in [0.25, 0.3) is 0 Å². The molecule has 6 rings (SSSR count). The molecule has 0 bridgehead atoms. The summed E-state index contributed by atoms with van der Waals surface area (Å²) in [6.45, 7) is 0. The predicted octanol–water partition coefficient (Wildman–Crippen LogP) is 7.20. The molecule has 0 aliphatic rings. The zero-order chi connectivity index (χ0) is 18.0. The Labute approximate surface area is 159 Å². The van der Waals surface area contributed by atoms with E-state index < -0.39 is 0 Å². The van der Waals surface area contributed by atoms with Crippen molar-refractivity contribution >= 4 is 59.1 Å². The number of anilines is 1. The molecule has 128 valence electrons. The zero-order valence-electron chi connectivity index (χ0n) is 14.4. The summed E-state index contributed by atoms with van der Waals surface area (Å²) in [5.41, 5.74) is 11.0. The van der Waals surface area contributed by atoms with Gasteiger partial charge in [-0.2, -0.15) is 0 Å². The highest BCUT2D eigenvalue weighted by atomic mass is 32.1. The Hall–Kier alpha value is -3.30. The minimum Gasteiger partial charge on any atom is -0.454 e. The summed E-state index contributed by atoms with van der Waals surface area (Å²) in [5.74, 6) is 0. The molecule has 6 aromatic rings. The summed E-state index contributed by atoms with van der Waals surface area (Å²) in [5, 5.41) is 4.79. The lowest BCUT2D eigenvalue weighted by molar-refractivity contribution is 0.670. The highest BCUT2D eigenvalue weighted by Crippen LogP contribution is 2.44. The molecule has 2 N–H and O–H groups in total. The molecule has 0 aliphatic carbocycles. The van der Waals surface area contributed by atoms with Crippen molar-refractivity contribution in [3.05, 3.63) is 78.9 Å². The van der Waals surface area contributed by atoms with Crippen LogP contribution in [0, 0.1) is 0 Å². The van der Waals surface area contributed by atoms with Crippen LogP contribution >= 0.6 is 11.3 Å². The molecule has 0 spiro atoms. The number of para-hydroxylation sites is 1. The zero-order valence-corrected chi connectivity index (χ0v) is 15.2. The number of nitrogen functional groups attached to an aromatic ring is 1. The lowest BCUT2D eigenvalue weighted by atomic mass is 9.95. The van der Waals surface area contributed by atoms with Gasteiger partial charge >= 0.3 is 0 Å². The van der Waals surface area contributed by atoms with E-state index in [1.807, 2.05) is 35.6 Å². The van der Waals surface area contributed by atoms with Crippen LogP contribution in [0.15, 0.2) is 83.3 Å². The number of hydrogen-bond donors (Lipinski definition) is 1. The third-order valence-corrected chi connectivity index (χ3v) is 6.39. The second-order valence-corrected chi connectivity index (χ2v) is 7.87. The Balaban J connectivity index is 1.83. The van der Waals surface area contributed by atoms with Crippen LogP contribution in [0.25, 0.3) is 53.2 Å². The molecule has 2 nitrogen and oxygen atoms in total. The average molecular weight is 365 g/mol. The van der Waals surface area contributed by atoms with Gasteiger partial charge in [-0.1, -0.05) is 54.6 Å². The van der Waals surface area contributed by atoms with Crippen molar-refractivity contribution in [3.63, 3.8) is 0 Å². The van der Waals surface area contributed by atoms with Crippen LogP contribution in [0.3, 0.4) is 0 Å². The molecule has 0 amide bonds. The van der Waals surface area contributed by atoms with Crippen LogP contribution in [0.5, 0.6) is 0 Å². The third-order valence-electron chi connectivity index (χ3n) is 5.25. The Kier molecular flexibility index (Phi) is 2.94. The van der Waals surface area contributed by atoms with Crippen LogP contribution in [-0.4, -0.2) is 0 Å². The van der Waals surface area contributed by atoms with Crippen molar-refractivity contribution < 1.29 is 4.42 Å². The summed E-state index contributed by atoms with van der Waals surface area (Å²) in [6.07, 6.45) is 0. The van der Waals surface area contributed by atoms with E-state index in [1.54, 1.807) is 0 Å². The maximum Gasteiger partial charge on any atom is 0.158 e. The smallest absolute Gasteiger partial charge is 0.158 e. The van der Waals surface area contributed by atoms with Crippen molar-refractivity contribution in [1.82, 2.24) is 0 Å². The first-order chi connectivity index (χ1) is 13.3. The van der Waals surface area contributed by atoms with E-state index >= 15 is 0 Å². The lowest BCUT2D eigenvalue weighted by Gasteiger charge is -2.08. The molecule has 0 atom stereocenters. The van der Waals surface area contributed by atoms with Crippen LogP contribution in [0.1, 0.15) is 0 Å². The van der Waals surface area contributed by atoms with E-state index in [0.717, 1.165) is 21.9 Å². The maximum atomic E-state index is 6.26. The van der Waals surface area contributed by atoms with Gasteiger partial charge in [-0.15, -0.1) is 11.3 Å². The van der Waals surface area contributed by atoms with Crippen molar-refractivity contribution in [3.8, 4) is 11.1 Å². The number of hydrogen-bond acceptors (Lipinski definition) is 3. The van der Waals surface area contributed by atoms with Crippen LogP contribution < -0.4 is 5.73 Å². The van der Waals surface area contributed by atoms with Gasteiger partial charge in [0.15, 0.2) is 5.58 Å².